The predicted molar refractivity (Wildman–Crippen MR) is 91.2 cm³/mol. The molecule has 0 fully saturated rings. The Kier molecular flexibility index (Phi) is 4.00. The fraction of sp³-hybridized carbons (Fsp3) is 0.0588. The second kappa shape index (κ2) is 5.96. The highest BCUT2D eigenvalue weighted by Gasteiger charge is 2.17. The van der Waals surface area contributed by atoms with Crippen LogP contribution in [0.15, 0.2) is 57.9 Å². The molecule has 0 spiro atoms. The number of fused-ring (bicyclic) bond motifs is 1. The van der Waals surface area contributed by atoms with Crippen molar-refractivity contribution in [3.63, 3.8) is 0 Å². The van der Waals surface area contributed by atoms with Crippen LogP contribution in [0.2, 0.25) is 0 Å². The molecule has 0 unspecified atom stereocenters. The lowest BCUT2D eigenvalue weighted by molar-refractivity contribution is 0.102. The normalized spacial score (nSPS) is 10.7. The molecule has 0 saturated carbocycles. The van der Waals surface area contributed by atoms with E-state index in [0.717, 1.165) is 0 Å². The zero-order valence-electron chi connectivity index (χ0n) is 12.1. The summed E-state index contributed by atoms with van der Waals surface area (Å²) < 4.78 is 16.0. The lowest BCUT2D eigenvalue weighted by Crippen LogP contribution is -2.23. The third kappa shape index (κ3) is 2.77. The number of pyridine rings is 1. The van der Waals surface area contributed by atoms with Gasteiger partial charge in [-0.15, -0.1) is 0 Å². The van der Waals surface area contributed by atoms with Gasteiger partial charge >= 0.3 is 0 Å². The first-order valence-electron chi connectivity index (χ1n) is 6.83. The first-order chi connectivity index (χ1) is 11.0. The summed E-state index contributed by atoms with van der Waals surface area (Å²) in [4.78, 5) is 24.9. The Labute approximate surface area is 139 Å². The molecule has 0 saturated heterocycles. The number of hydrogen-bond acceptors (Lipinski definition) is 2. The Balaban J connectivity index is 2.10. The summed E-state index contributed by atoms with van der Waals surface area (Å²) in [6.07, 6.45) is 1.35. The van der Waals surface area contributed by atoms with Gasteiger partial charge < -0.3 is 9.88 Å². The molecule has 3 aromatic rings. The number of amides is 1. The fourth-order valence-electron chi connectivity index (χ4n) is 2.43. The molecule has 1 N–H and O–H groups in total. The molecule has 0 atom stereocenters. The zero-order valence-corrected chi connectivity index (χ0v) is 13.7. The second-order valence-corrected chi connectivity index (χ2v) is 5.91. The van der Waals surface area contributed by atoms with E-state index in [-0.39, 0.29) is 16.5 Å². The fourth-order valence-corrected chi connectivity index (χ4v) is 2.82. The van der Waals surface area contributed by atoms with E-state index in [9.17, 15) is 14.0 Å². The minimum Gasteiger partial charge on any atom is -0.347 e. The maximum Gasteiger partial charge on any atom is 0.261 e. The van der Waals surface area contributed by atoms with Gasteiger partial charge in [0.25, 0.3) is 5.91 Å². The number of carbonyl (C=O) groups excluding carboxylic acids is 1. The molecule has 1 amide bonds. The van der Waals surface area contributed by atoms with Gasteiger partial charge in [-0.3, -0.25) is 9.59 Å². The van der Waals surface area contributed by atoms with E-state index >= 15 is 0 Å². The van der Waals surface area contributed by atoms with Crippen molar-refractivity contribution in [1.29, 1.82) is 0 Å². The minimum absolute atomic E-state index is 0.0404. The minimum atomic E-state index is -0.538. The Morgan fingerprint density at radius 2 is 1.91 bits per heavy atom. The van der Waals surface area contributed by atoms with Gasteiger partial charge in [-0.1, -0.05) is 18.2 Å². The number of para-hydroxylation sites is 2. The van der Waals surface area contributed by atoms with E-state index < -0.39 is 17.2 Å². The van der Waals surface area contributed by atoms with Crippen LogP contribution in [0.1, 0.15) is 10.4 Å². The standard InChI is InChI=1S/C17H12BrFN2O2/c1-21-9-11(16(22)10-5-4-7-13(19)15(10)21)17(23)20-14-8-3-2-6-12(14)18/h2-9H,1H3,(H,20,23). The van der Waals surface area contributed by atoms with Crippen molar-refractivity contribution < 1.29 is 9.18 Å². The summed E-state index contributed by atoms with van der Waals surface area (Å²) in [5.41, 5.74) is 0.192. The Morgan fingerprint density at radius 1 is 1.17 bits per heavy atom. The van der Waals surface area contributed by atoms with E-state index in [1.165, 1.54) is 29.0 Å². The molecule has 2 aromatic carbocycles. The summed E-state index contributed by atoms with van der Waals surface area (Å²) in [6.45, 7) is 0. The molecule has 0 bridgehead atoms. The smallest absolute Gasteiger partial charge is 0.261 e. The third-order valence-electron chi connectivity index (χ3n) is 3.52. The Bertz CT molecular complexity index is 982. The first kappa shape index (κ1) is 15.4. The van der Waals surface area contributed by atoms with E-state index in [4.69, 9.17) is 0 Å². The number of rotatable bonds is 2. The van der Waals surface area contributed by atoms with Crippen molar-refractivity contribution in [3.05, 3.63) is 74.7 Å². The van der Waals surface area contributed by atoms with Crippen molar-refractivity contribution in [3.8, 4) is 0 Å². The van der Waals surface area contributed by atoms with Crippen LogP contribution in [0, 0.1) is 5.82 Å². The molecule has 1 heterocycles. The number of carbonyl (C=O) groups is 1. The molecular weight excluding hydrogens is 363 g/mol. The van der Waals surface area contributed by atoms with Gasteiger partial charge in [0.15, 0.2) is 0 Å². The van der Waals surface area contributed by atoms with Crippen molar-refractivity contribution in [2.75, 3.05) is 5.32 Å². The molecule has 6 heteroatoms. The number of hydrogen-bond donors (Lipinski definition) is 1. The maximum atomic E-state index is 13.9. The first-order valence-corrected chi connectivity index (χ1v) is 7.62. The van der Waals surface area contributed by atoms with Crippen LogP contribution in [0.3, 0.4) is 0 Å². The van der Waals surface area contributed by atoms with E-state index in [1.54, 1.807) is 25.2 Å². The molecule has 0 aliphatic carbocycles. The average molecular weight is 375 g/mol. The van der Waals surface area contributed by atoms with Crippen molar-refractivity contribution >= 4 is 38.4 Å². The topological polar surface area (TPSA) is 51.1 Å². The van der Waals surface area contributed by atoms with Gasteiger partial charge in [0.1, 0.15) is 11.4 Å². The van der Waals surface area contributed by atoms with Crippen LogP contribution in [-0.4, -0.2) is 10.5 Å². The number of benzene rings is 2. The van der Waals surface area contributed by atoms with Crippen LogP contribution in [0.4, 0.5) is 10.1 Å². The lowest BCUT2D eigenvalue weighted by Gasteiger charge is -2.11. The van der Waals surface area contributed by atoms with Gasteiger partial charge in [-0.25, -0.2) is 4.39 Å². The highest BCUT2D eigenvalue weighted by Crippen LogP contribution is 2.22. The van der Waals surface area contributed by atoms with E-state index in [0.29, 0.717) is 10.2 Å². The van der Waals surface area contributed by atoms with Crippen LogP contribution in [0.25, 0.3) is 10.9 Å². The van der Waals surface area contributed by atoms with Crippen LogP contribution >= 0.6 is 15.9 Å². The SMILES string of the molecule is Cn1cc(C(=O)Nc2ccccc2Br)c(=O)c2cccc(F)c21. The van der Waals surface area contributed by atoms with Gasteiger partial charge in [0.05, 0.1) is 11.2 Å². The largest absolute Gasteiger partial charge is 0.347 e. The molecular formula is C17H12BrFN2O2. The summed E-state index contributed by atoms with van der Waals surface area (Å²) >= 11 is 3.33. The molecule has 0 radical (unpaired) electrons. The summed E-state index contributed by atoms with van der Waals surface area (Å²) in [6, 6.07) is 11.3. The Morgan fingerprint density at radius 3 is 2.65 bits per heavy atom. The number of aryl methyl sites for hydroxylation is 1. The molecule has 23 heavy (non-hydrogen) atoms. The quantitative estimate of drug-likeness (QED) is 0.743. The van der Waals surface area contributed by atoms with Crippen LogP contribution in [-0.2, 0) is 7.05 Å². The summed E-state index contributed by atoms with van der Waals surface area (Å²) in [5.74, 6) is -1.04. The average Bonchev–Trinajstić information content (AvgIpc) is 2.52. The van der Waals surface area contributed by atoms with Crippen molar-refractivity contribution in [2.24, 2.45) is 7.05 Å². The molecule has 3 rings (SSSR count). The second-order valence-electron chi connectivity index (χ2n) is 5.05. The number of aromatic nitrogens is 1. The van der Waals surface area contributed by atoms with Crippen molar-refractivity contribution in [2.45, 2.75) is 0 Å². The third-order valence-corrected chi connectivity index (χ3v) is 4.21. The summed E-state index contributed by atoms with van der Waals surface area (Å²) in [7, 11) is 1.60. The monoisotopic (exact) mass is 374 g/mol. The van der Waals surface area contributed by atoms with Gasteiger partial charge in [0, 0.05) is 23.1 Å². The van der Waals surface area contributed by atoms with E-state index in [2.05, 4.69) is 21.2 Å². The molecule has 1 aromatic heterocycles. The van der Waals surface area contributed by atoms with Crippen LogP contribution in [0.5, 0.6) is 0 Å². The van der Waals surface area contributed by atoms with Gasteiger partial charge in [0.2, 0.25) is 5.43 Å². The number of nitrogens with one attached hydrogen (secondary N) is 1. The molecule has 4 nitrogen and oxygen atoms in total. The van der Waals surface area contributed by atoms with Crippen LogP contribution < -0.4 is 10.7 Å². The molecule has 0 aliphatic rings. The molecule has 0 aliphatic heterocycles. The van der Waals surface area contributed by atoms with E-state index in [1.807, 2.05) is 6.07 Å². The highest BCUT2D eigenvalue weighted by molar-refractivity contribution is 9.10. The number of halogens is 2. The zero-order chi connectivity index (χ0) is 16.6. The lowest BCUT2D eigenvalue weighted by atomic mass is 10.1. The van der Waals surface area contributed by atoms with Crippen molar-refractivity contribution in [1.82, 2.24) is 4.57 Å². The van der Waals surface area contributed by atoms with Gasteiger partial charge in [-0.2, -0.15) is 0 Å². The Hall–Kier alpha value is -2.47. The molecule has 116 valence electrons. The number of anilines is 1. The van der Waals surface area contributed by atoms with Gasteiger partial charge in [-0.05, 0) is 40.2 Å². The maximum absolute atomic E-state index is 13.9. The number of nitrogens with zero attached hydrogens (tertiary/aromatic N) is 1. The summed E-state index contributed by atoms with van der Waals surface area (Å²) in [5, 5.41) is 2.85. The highest BCUT2D eigenvalue weighted by atomic mass is 79.9. The predicted octanol–water partition coefficient (Wildman–Crippen LogP) is 3.69.